The first kappa shape index (κ1) is 33.2. The van der Waals surface area contributed by atoms with Crippen LogP contribution < -0.4 is 21.3 Å². The number of carbonyl (C=O) groups is 5. The van der Waals surface area contributed by atoms with Crippen molar-refractivity contribution in [3.8, 4) is 0 Å². The molecule has 4 amide bonds. The van der Waals surface area contributed by atoms with Crippen molar-refractivity contribution in [1.82, 2.24) is 31.2 Å². The van der Waals surface area contributed by atoms with Crippen LogP contribution in [0, 0.1) is 12.8 Å². The number of hydrogen-bond acceptors (Lipinski definition) is 8. The lowest BCUT2D eigenvalue weighted by molar-refractivity contribution is -0.134. The van der Waals surface area contributed by atoms with Crippen molar-refractivity contribution >= 4 is 41.0 Å². The maximum absolute atomic E-state index is 13.7. The molecular formula is C31H40N6O8. The van der Waals surface area contributed by atoms with E-state index in [1.165, 1.54) is 0 Å². The van der Waals surface area contributed by atoms with Gasteiger partial charge in [0.25, 0.3) is 12.4 Å². The van der Waals surface area contributed by atoms with Gasteiger partial charge >= 0.3 is 0 Å². The molecule has 4 heterocycles. The van der Waals surface area contributed by atoms with Crippen LogP contribution in [0.4, 0.5) is 0 Å². The molecule has 0 radical (unpaired) electrons. The van der Waals surface area contributed by atoms with Gasteiger partial charge in [0.2, 0.25) is 23.6 Å². The van der Waals surface area contributed by atoms with Crippen LogP contribution >= 0.6 is 0 Å². The summed E-state index contributed by atoms with van der Waals surface area (Å²) < 4.78 is 11.1. The molecule has 2 aliphatic heterocycles. The number of nitrogens with one attached hydrogen (secondary N) is 5. The third-order valence-corrected chi connectivity index (χ3v) is 7.92. The van der Waals surface area contributed by atoms with Gasteiger partial charge in [0.15, 0.2) is 5.69 Å². The SMILES string of the molecule is Cc1oc2nc1C(=O)NCCCC[C@H](NC(=O)C1CCOCC1)C(=O)N[C@H](Cc1c[nH]c3ccccc13)C(=O)N[C@@H]2C.O=CO. The van der Waals surface area contributed by atoms with Gasteiger partial charge in [0.1, 0.15) is 23.9 Å². The van der Waals surface area contributed by atoms with Crippen LogP contribution in [0.1, 0.15) is 72.8 Å². The number of oxazole rings is 1. The van der Waals surface area contributed by atoms with Crippen LogP contribution in [0.5, 0.6) is 0 Å². The number of aromatic amines is 1. The monoisotopic (exact) mass is 624 g/mol. The lowest BCUT2D eigenvalue weighted by atomic mass is 9.98. The number of para-hydroxylation sites is 1. The third-order valence-electron chi connectivity index (χ3n) is 7.92. The van der Waals surface area contributed by atoms with Crippen LogP contribution in [-0.4, -0.2) is 77.0 Å². The minimum absolute atomic E-state index is 0.170. The van der Waals surface area contributed by atoms with Crippen molar-refractivity contribution in [3.05, 3.63) is 53.4 Å². The molecule has 2 aromatic heterocycles. The number of carbonyl (C=O) groups excluding carboxylic acids is 4. The van der Waals surface area contributed by atoms with Crippen LogP contribution in [0.3, 0.4) is 0 Å². The van der Waals surface area contributed by atoms with Gasteiger partial charge in [-0.2, -0.15) is 0 Å². The van der Waals surface area contributed by atoms with E-state index < -0.39 is 29.9 Å². The summed E-state index contributed by atoms with van der Waals surface area (Å²) in [5.74, 6) is -1.12. The maximum atomic E-state index is 13.7. The van der Waals surface area contributed by atoms with Gasteiger partial charge in [-0.15, -0.1) is 0 Å². The first-order valence-corrected chi connectivity index (χ1v) is 15.1. The lowest BCUT2D eigenvalue weighted by Crippen LogP contribution is -2.55. The zero-order valence-corrected chi connectivity index (χ0v) is 25.4. The van der Waals surface area contributed by atoms with Gasteiger partial charge in [-0.3, -0.25) is 24.0 Å². The zero-order valence-electron chi connectivity index (χ0n) is 25.4. The van der Waals surface area contributed by atoms with E-state index >= 15 is 0 Å². The number of benzene rings is 1. The molecule has 0 spiro atoms. The summed E-state index contributed by atoms with van der Waals surface area (Å²) in [7, 11) is 0. The average Bonchev–Trinajstić information content (AvgIpc) is 3.63. The van der Waals surface area contributed by atoms with E-state index in [9.17, 15) is 19.2 Å². The Morgan fingerprint density at radius 2 is 1.82 bits per heavy atom. The van der Waals surface area contributed by atoms with Crippen molar-refractivity contribution in [2.24, 2.45) is 5.92 Å². The Kier molecular flexibility index (Phi) is 11.7. The summed E-state index contributed by atoms with van der Waals surface area (Å²) in [5.41, 5.74) is 1.95. The number of amides is 4. The van der Waals surface area contributed by atoms with Gasteiger partial charge in [-0.1, -0.05) is 18.2 Å². The number of fused-ring (bicyclic) bond motifs is 3. The Morgan fingerprint density at radius 1 is 1.09 bits per heavy atom. The average molecular weight is 625 g/mol. The second-order valence-corrected chi connectivity index (χ2v) is 11.1. The first-order chi connectivity index (χ1) is 21.7. The van der Waals surface area contributed by atoms with Crippen molar-refractivity contribution in [3.63, 3.8) is 0 Å². The van der Waals surface area contributed by atoms with Crippen LogP contribution in [-0.2, 0) is 30.3 Å². The van der Waals surface area contributed by atoms with Crippen molar-refractivity contribution in [1.29, 1.82) is 0 Å². The van der Waals surface area contributed by atoms with Gasteiger partial charge in [0.05, 0.1) is 0 Å². The molecule has 1 saturated heterocycles. The van der Waals surface area contributed by atoms with Gasteiger partial charge < -0.3 is 40.5 Å². The Balaban J connectivity index is 0.00000148. The summed E-state index contributed by atoms with van der Waals surface area (Å²) in [4.78, 5) is 69.2. The Hall–Kier alpha value is -4.72. The predicted octanol–water partition coefficient (Wildman–Crippen LogP) is 1.89. The Labute approximate surface area is 260 Å². The number of H-pyrrole nitrogens is 1. The second-order valence-electron chi connectivity index (χ2n) is 11.1. The molecule has 5 rings (SSSR count). The standard InChI is InChI=1S/C30H38N6O6.CH2O2/c1-17-30-36-25(18(2)42-30)29(40)31-12-6-5-9-23(34-26(37)19-10-13-41-14-11-19)27(38)35-24(28(39)33-17)15-20-16-32-22-8-4-3-7-21(20)22;2-1-3/h3-4,7-8,16-17,19,23-24,32H,5-6,9-15H2,1-2H3,(H,31,40)(H,33,39)(H,34,37)(H,35,38);1H,(H,2,3)/t17-,23+,24-;/m1./s1. The maximum Gasteiger partial charge on any atom is 0.290 e. The van der Waals surface area contributed by atoms with E-state index in [1.54, 1.807) is 13.8 Å². The fourth-order valence-electron chi connectivity index (χ4n) is 5.47. The highest BCUT2D eigenvalue weighted by atomic mass is 16.5. The van der Waals surface area contributed by atoms with Crippen LogP contribution in [0.15, 0.2) is 34.9 Å². The number of aryl methyl sites for hydroxylation is 1. The van der Waals surface area contributed by atoms with E-state index in [2.05, 4.69) is 31.2 Å². The molecule has 0 unspecified atom stereocenters. The normalized spacial score (nSPS) is 21.9. The quantitative estimate of drug-likeness (QED) is 0.234. The lowest BCUT2D eigenvalue weighted by Gasteiger charge is -2.27. The van der Waals surface area contributed by atoms with E-state index in [0.29, 0.717) is 57.6 Å². The Morgan fingerprint density at radius 3 is 2.58 bits per heavy atom. The first-order valence-electron chi connectivity index (χ1n) is 15.1. The fourth-order valence-corrected chi connectivity index (χ4v) is 5.47. The summed E-state index contributed by atoms with van der Waals surface area (Å²) >= 11 is 0. The number of carboxylic acid groups (broad SMARTS) is 1. The molecule has 2 bridgehead atoms. The number of hydrogen-bond donors (Lipinski definition) is 6. The molecule has 1 fully saturated rings. The minimum Gasteiger partial charge on any atom is -0.483 e. The molecule has 3 aromatic rings. The molecule has 2 aliphatic rings. The van der Waals surface area contributed by atoms with Crippen molar-refractivity contribution < 1.29 is 38.2 Å². The topological polar surface area (TPSA) is 205 Å². The van der Waals surface area contributed by atoms with E-state index in [4.69, 9.17) is 19.1 Å². The molecule has 14 nitrogen and oxygen atoms in total. The highest BCUT2D eigenvalue weighted by Gasteiger charge is 2.31. The molecule has 14 heteroatoms. The fraction of sp³-hybridized carbons (Fsp3) is 0.484. The van der Waals surface area contributed by atoms with Crippen molar-refractivity contribution in [2.75, 3.05) is 19.8 Å². The molecule has 6 N–H and O–H groups in total. The summed E-state index contributed by atoms with van der Waals surface area (Å²) in [5, 5.41) is 19.4. The molecule has 0 aliphatic carbocycles. The second kappa shape index (κ2) is 15.8. The third kappa shape index (κ3) is 8.69. The minimum atomic E-state index is -0.951. The van der Waals surface area contributed by atoms with E-state index in [0.717, 1.165) is 16.5 Å². The summed E-state index contributed by atoms with van der Waals surface area (Å²) in [6.45, 7) is 4.49. The summed E-state index contributed by atoms with van der Waals surface area (Å²) in [6, 6.07) is 5.28. The highest BCUT2D eigenvalue weighted by Crippen LogP contribution is 2.21. The summed E-state index contributed by atoms with van der Waals surface area (Å²) in [6.07, 6.45) is 4.73. The molecular weight excluding hydrogens is 584 g/mol. The molecule has 0 saturated carbocycles. The molecule has 1 aromatic carbocycles. The van der Waals surface area contributed by atoms with E-state index in [-0.39, 0.29) is 42.2 Å². The van der Waals surface area contributed by atoms with Crippen molar-refractivity contribution in [2.45, 2.75) is 70.5 Å². The molecule has 3 atom stereocenters. The van der Waals surface area contributed by atoms with Gasteiger partial charge in [-0.25, -0.2) is 4.98 Å². The van der Waals surface area contributed by atoms with E-state index in [1.807, 2.05) is 30.5 Å². The number of aromatic nitrogens is 2. The van der Waals surface area contributed by atoms with Gasteiger partial charge in [0, 0.05) is 49.2 Å². The van der Waals surface area contributed by atoms with Crippen LogP contribution in [0.25, 0.3) is 10.9 Å². The largest absolute Gasteiger partial charge is 0.483 e. The number of nitrogens with zero attached hydrogens (tertiary/aromatic N) is 1. The number of rotatable bonds is 4. The highest BCUT2D eigenvalue weighted by molar-refractivity contribution is 5.94. The predicted molar refractivity (Wildman–Crippen MR) is 162 cm³/mol. The van der Waals surface area contributed by atoms with Gasteiger partial charge in [-0.05, 0) is 57.6 Å². The zero-order chi connectivity index (χ0) is 32.3. The molecule has 242 valence electrons. The number of ether oxygens (including phenoxy) is 1. The molecule has 45 heavy (non-hydrogen) atoms. The Bertz CT molecular complexity index is 1490. The smallest absolute Gasteiger partial charge is 0.290 e. The van der Waals surface area contributed by atoms with Crippen LogP contribution in [0.2, 0.25) is 0 Å².